The van der Waals surface area contributed by atoms with E-state index in [-0.39, 0.29) is 12.2 Å². The largest absolute Gasteiger partial charge is 0.368 e. The molecular weight excluding hydrogens is 382 g/mol. The van der Waals surface area contributed by atoms with Gasteiger partial charge in [0, 0.05) is 28.3 Å². The smallest absolute Gasteiger partial charge is 0.270 e. The first kappa shape index (κ1) is 18.3. The van der Waals surface area contributed by atoms with Crippen LogP contribution in [-0.4, -0.2) is 40.1 Å². The minimum Gasteiger partial charge on any atom is -0.368 e. The number of aliphatic imine (C=N–C) groups is 1. The Morgan fingerprint density at radius 3 is 2.75 bits per heavy atom. The van der Waals surface area contributed by atoms with Gasteiger partial charge in [-0.3, -0.25) is 20.0 Å². The maximum atomic E-state index is 11.4. The highest BCUT2D eigenvalue weighted by atomic mass is 35.5. The Bertz CT molecular complexity index is 1060. The van der Waals surface area contributed by atoms with Gasteiger partial charge in [-0.25, -0.2) is 0 Å². The van der Waals surface area contributed by atoms with Crippen molar-refractivity contribution in [2.24, 2.45) is 15.2 Å². The van der Waals surface area contributed by atoms with E-state index in [1.807, 2.05) is 13.0 Å². The average molecular weight is 398 g/mol. The van der Waals surface area contributed by atoms with Crippen LogP contribution < -0.4 is 4.90 Å². The Morgan fingerprint density at radius 1 is 1.25 bits per heavy atom. The van der Waals surface area contributed by atoms with Crippen LogP contribution in [0.2, 0.25) is 5.02 Å². The van der Waals surface area contributed by atoms with Crippen LogP contribution in [0.15, 0.2) is 57.7 Å². The number of nitro groups is 1. The predicted octanol–water partition coefficient (Wildman–Crippen LogP) is 3.40. The highest BCUT2D eigenvalue weighted by Gasteiger charge is 2.34. The Morgan fingerprint density at radius 2 is 2.04 bits per heavy atom. The van der Waals surface area contributed by atoms with Crippen molar-refractivity contribution in [3.8, 4) is 0 Å². The van der Waals surface area contributed by atoms with Gasteiger partial charge in [-0.1, -0.05) is 36.7 Å². The molecule has 0 fully saturated rings. The molecule has 1 N–H and O–H groups in total. The second-order valence-electron chi connectivity index (χ2n) is 6.31. The second kappa shape index (κ2) is 7.14. The summed E-state index contributed by atoms with van der Waals surface area (Å²) in [7, 11) is 0. The van der Waals surface area contributed by atoms with E-state index >= 15 is 0 Å². The number of anilines is 1. The molecule has 0 saturated carbocycles. The summed E-state index contributed by atoms with van der Waals surface area (Å²) in [4.78, 5) is 17.1. The molecule has 9 heteroatoms. The maximum absolute atomic E-state index is 11.4. The van der Waals surface area contributed by atoms with Crippen molar-refractivity contribution in [1.29, 1.82) is 0 Å². The van der Waals surface area contributed by atoms with E-state index in [1.54, 1.807) is 29.2 Å². The fourth-order valence-electron chi connectivity index (χ4n) is 3.30. The third kappa shape index (κ3) is 2.96. The fourth-order valence-corrected chi connectivity index (χ4v) is 3.52. The SMILES string of the molecule is CCC1=NN=C2CN=C(c3ccccc3Cl)c3cc([N+](=O)[O-])ccc3N2C1O. The third-order valence-electron chi connectivity index (χ3n) is 4.69. The van der Waals surface area contributed by atoms with Crippen molar-refractivity contribution < 1.29 is 10.0 Å². The van der Waals surface area contributed by atoms with Crippen LogP contribution >= 0.6 is 11.6 Å². The van der Waals surface area contributed by atoms with Crippen LogP contribution in [0.5, 0.6) is 0 Å². The van der Waals surface area contributed by atoms with E-state index in [1.165, 1.54) is 12.1 Å². The Hall–Kier alpha value is -3.10. The van der Waals surface area contributed by atoms with Gasteiger partial charge in [0.2, 0.25) is 0 Å². The summed E-state index contributed by atoms with van der Waals surface area (Å²) < 4.78 is 0. The van der Waals surface area contributed by atoms with Gasteiger partial charge < -0.3 is 5.11 Å². The zero-order valence-corrected chi connectivity index (χ0v) is 15.7. The summed E-state index contributed by atoms with van der Waals surface area (Å²) in [6, 6.07) is 11.6. The lowest BCUT2D eigenvalue weighted by atomic mass is 9.99. The maximum Gasteiger partial charge on any atom is 0.270 e. The predicted molar refractivity (Wildman–Crippen MR) is 109 cm³/mol. The van der Waals surface area contributed by atoms with E-state index in [9.17, 15) is 15.2 Å². The van der Waals surface area contributed by atoms with Crippen LogP contribution in [-0.2, 0) is 0 Å². The molecule has 142 valence electrons. The van der Waals surface area contributed by atoms with E-state index in [0.29, 0.717) is 45.5 Å². The molecular formula is C19H16ClN5O3. The number of aliphatic hydroxyl groups is 1. The van der Waals surface area contributed by atoms with Crippen molar-refractivity contribution >= 4 is 40.2 Å². The Balaban J connectivity index is 1.96. The number of hydrogen-bond donors (Lipinski definition) is 1. The molecule has 0 bridgehead atoms. The number of aliphatic hydroxyl groups excluding tert-OH is 1. The standard InChI is InChI=1S/C19H16ClN5O3/c1-2-15-19(26)24-16-8-7-11(25(27)28)9-13(16)18(21-10-17(24)23-22-15)12-5-3-4-6-14(12)20/h3-9,19,26H,2,10H2,1H3. The molecule has 0 amide bonds. The molecule has 2 heterocycles. The van der Waals surface area contributed by atoms with Gasteiger partial charge in [-0.15, -0.1) is 5.10 Å². The topological polar surface area (TPSA) is 104 Å². The molecule has 0 aliphatic carbocycles. The van der Waals surface area contributed by atoms with Crippen LogP contribution in [0, 0.1) is 10.1 Å². The van der Waals surface area contributed by atoms with Crippen molar-refractivity contribution in [2.45, 2.75) is 19.6 Å². The lowest BCUT2D eigenvalue weighted by Gasteiger charge is -2.32. The van der Waals surface area contributed by atoms with Crippen LogP contribution in [0.3, 0.4) is 0 Å². The van der Waals surface area contributed by atoms with E-state index in [2.05, 4.69) is 15.2 Å². The zero-order chi connectivity index (χ0) is 19.8. The van der Waals surface area contributed by atoms with Crippen LogP contribution in [0.1, 0.15) is 24.5 Å². The summed E-state index contributed by atoms with van der Waals surface area (Å²) >= 11 is 6.38. The van der Waals surface area contributed by atoms with E-state index in [4.69, 9.17) is 11.6 Å². The number of hydrogen-bond acceptors (Lipinski definition) is 7. The first-order valence-electron chi connectivity index (χ1n) is 8.70. The molecule has 28 heavy (non-hydrogen) atoms. The lowest BCUT2D eigenvalue weighted by Crippen LogP contribution is -2.48. The van der Waals surface area contributed by atoms with Gasteiger partial charge in [0.1, 0.15) is 0 Å². The van der Waals surface area contributed by atoms with Gasteiger partial charge >= 0.3 is 0 Å². The average Bonchev–Trinajstić information content (AvgIpc) is 2.85. The number of rotatable bonds is 3. The number of benzene rings is 2. The number of fused-ring (bicyclic) bond motifs is 3. The van der Waals surface area contributed by atoms with Gasteiger partial charge in [0.05, 0.1) is 28.6 Å². The summed E-state index contributed by atoms with van der Waals surface area (Å²) in [5.41, 5.74) is 2.66. The lowest BCUT2D eigenvalue weighted by molar-refractivity contribution is -0.384. The molecule has 2 aliphatic rings. The zero-order valence-electron chi connectivity index (χ0n) is 14.9. The molecule has 2 aliphatic heterocycles. The molecule has 4 rings (SSSR count). The summed E-state index contributed by atoms with van der Waals surface area (Å²) in [5, 5.41) is 31.0. The Kier molecular flexibility index (Phi) is 4.66. The molecule has 1 atom stereocenters. The summed E-state index contributed by atoms with van der Waals surface area (Å²) in [6.45, 7) is 2.03. The third-order valence-corrected chi connectivity index (χ3v) is 5.02. The normalized spacial score (nSPS) is 18.3. The molecule has 2 aromatic carbocycles. The molecule has 0 radical (unpaired) electrons. The van der Waals surface area contributed by atoms with Gasteiger partial charge in [-0.2, -0.15) is 5.10 Å². The highest BCUT2D eigenvalue weighted by molar-refractivity contribution is 6.36. The summed E-state index contributed by atoms with van der Waals surface area (Å²) in [5.74, 6) is 0.460. The summed E-state index contributed by atoms with van der Waals surface area (Å²) in [6.07, 6.45) is -0.492. The van der Waals surface area contributed by atoms with Crippen LogP contribution in [0.4, 0.5) is 11.4 Å². The van der Waals surface area contributed by atoms with Gasteiger partial charge in [-0.05, 0) is 18.6 Å². The quantitative estimate of drug-likeness (QED) is 0.633. The number of amidine groups is 1. The highest BCUT2D eigenvalue weighted by Crippen LogP contribution is 2.34. The molecule has 0 aromatic heterocycles. The minimum absolute atomic E-state index is 0.0743. The Labute approximate surface area is 165 Å². The van der Waals surface area contributed by atoms with Crippen molar-refractivity contribution in [3.05, 3.63) is 68.7 Å². The number of nitro benzene ring substituents is 1. The molecule has 2 aromatic rings. The minimum atomic E-state index is -1.02. The molecule has 0 saturated heterocycles. The van der Waals surface area contributed by atoms with Crippen molar-refractivity contribution in [3.63, 3.8) is 0 Å². The van der Waals surface area contributed by atoms with Crippen LogP contribution in [0.25, 0.3) is 0 Å². The van der Waals surface area contributed by atoms with Gasteiger partial charge in [0.25, 0.3) is 5.69 Å². The van der Waals surface area contributed by atoms with Gasteiger partial charge in [0.15, 0.2) is 12.1 Å². The van der Waals surface area contributed by atoms with E-state index < -0.39 is 11.2 Å². The van der Waals surface area contributed by atoms with Crippen molar-refractivity contribution in [2.75, 3.05) is 11.4 Å². The fraction of sp³-hybridized carbons (Fsp3) is 0.211. The second-order valence-corrected chi connectivity index (χ2v) is 6.72. The number of non-ortho nitro benzene ring substituents is 1. The monoisotopic (exact) mass is 397 g/mol. The first-order valence-corrected chi connectivity index (χ1v) is 9.07. The first-order chi connectivity index (χ1) is 13.5. The number of nitrogens with zero attached hydrogens (tertiary/aromatic N) is 5. The molecule has 0 spiro atoms. The number of halogens is 1. The molecule has 1 unspecified atom stereocenters. The van der Waals surface area contributed by atoms with E-state index in [0.717, 1.165) is 0 Å². The molecule has 8 nitrogen and oxygen atoms in total. The van der Waals surface area contributed by atoms with Crippen molar-refractivity contribution in [1.82, 2.24) is 0 Å².